The Morgan fingerprint density at radius 1 is 0.481 bits per heavy atom. The maximum Gasteiger partial charge on any atom is 0.222 e. The Balaban J connectivity index is 0.00000128. The number of nitrogens with one attached hydrogen (secondary N) is 7. The zero-order chi connectivity index (χ0) is 60.7. The molecule has 0 radical (unpaired) electrons. The summed E-state index contributed by atoms with van der Waals surface area (Å²) in [6, 6.07) is -3.28. The van der Waals surface area contributed by atoms with Gasteiger partial charge in [-0.1, -0.05) is 20.8 Å². The maximum absolute atomic E-state index is 12.7. The number of hydrogen-bond acceptors (Lipinski definition) is 25. The summed E-state index contributed by atoms with van der Waals surface area (Å²) < 4.78 is 45.2. The summed E-state index contributed by atoms with van der Waals surface area (Å²) in [5.41, 5.74) is -0.917. The number of aliphatic hydroxyl groups excluding tert-OH is 10. The highest BCUT2D eigenvalue weighted by Crippen LogP contribution is 2.24. The minimum Gasteiger partial charge on any atom is -0.394 e. The van der Waals surface area contributed by atoms with Crippen molar-refractivity contribution in [3.05, 3.63) is 0 Å². The summed E-state index contributed by atoms with van der Waals surface area (Å²) in [7, 11) is 0. The van der Waals surface area contributed by atoms with E-state index in [4.69, 9.17) is 43.0 Å². The fourth-order valence-corrected chi connectivity index (χ4v) is 8.56. The lowest BCUT2D eigenvalue weighted by molar-refractivity contribution is -0.270. The van der Waals surface area contributed by atoms with Gasteiger partial charge in [0, 0.05) is 72.3 Å². The van der Waals surface area contributed by atoms with Crippen LogP contribution in [0.3, 0.4) is 0 Å². The van der Waals surface area contributed by atoms with Gasteiger partial charge in [0.1, 0.15) is 73.1 Å². The lowest BCUT2D eigenvalue weighted by Gasteiger charge is -2.42. The molecule has 31 heteroatoms. The van der Waals surface area contributed by atoms with Crippen LogP contribution in [0.5, 0.6) is 0 Å². The van der Waals surface area contributed by atoms with E-state index >= 15 is 0 Å². The van der Waals surface area contributed by atoms with Crippen molar-refractivity contribution in [2.75, 3.05) is 92.3 Å². The first-order chi connectivity index (χ1) is 38.4. The van der Waals surface area contributed by atoms with Crippen LogP contribution >= 0.6 is 0 Å². The van der Waals surface area contributed by atoms with Crippen LogP contribution in [-0.4, -0.2) is 282 Å². The number of rotatable bonds is 36. The fourth-order valence-electron chi connectivity index (χ4n) is 8.56. The van der Waals surface area contributed by atoms with Crippen LogP contribution in [-0.2, 0) is 66.7 Å². The lowest BCUT2D eigenvalue weighted by Crippen LogP contribution is -2.64. The predicted octanol–water partition coefficient (Wildman–Crippen LogP) is -7.28. The summed E-state index contributed by atoms with van der Waals surface area (Å²) in [6.45, 7) is 9.66. The minimum absolute atomic E-state index is 0.0201. The van der Waals surface area contributed by atoms with E-state index in [1.165, 1.54) is 20.8 Å². The molecule has 31 nitrogen and oxygen atoms in total. The van der Waals surface area contributed by atoms with Crippen molar-refractivity contribution in [2.45, 2.75) is 190 Å². The van der Waals surface area contributed by atoms with Gasteiger partial charge in [-0.2, -0.15) is 0 Å². The second-order valence-corrected chi connectivity index (χ2v) is 20.2. The van der Waals surface area contributed by atoms with E-state index in [9.17, 15) is 74.7 Å². The largest absolute Gasteiger partial charge is 0.394 e. The molecule has 3 fully saturated rings. The van der Waals surface area contributed by atoms with Gasteiger partial charge in [-0.05, 0) is 25.7 Å². The van der Waals surface area contributed by atoms with Crippen LogP contribution < -0.4 is 37.2 Å². The molecule has 3 rings (SSSR count). The molecule has 3 aliphatic rings. The number of hydrogen-bond donors (Lipinski definition) is 17. The molecule has 3 heterocycles. The van der Waals surface area contributed by atoms with Crippen molar-refractivity contribution in [2.24, 2.45) is 0 Å². The van der Waals surface area contributed by atoms with Crippen LogP contribution in [0.15, 0.2) is 0 Å². The number of carbonyl (C=O) groups is 6. The van der Waals surface area contributed by atoms with E-state index in [0.29, 0.717) is 32.4 Å². The van der Waals surface area contributed by atoms with Crippen molar-refractivity contribution in [3.63, 3.8) is 0 Å². The van der Waals surface area contributed by atoms with Gasteiger partial charge in [-0.3, -0.25) is 28.8 Å². The molecular weight excluding hydrogens is 1080 g/mol. The highest BCUT2D eigenvalue weighted by Gasteiger charge is 2.47. The molecule has 7 unspecified atom stereocenters. The van der Waals surface area contributed by atoms with Crippen molar-refractivity contribution in [1.29, 1.82) is 0 Å². The van der Waals surface area contributed by atoms with Gasteiger partial charge in [0.25, 0.3) is 0 Å². The van der Waals surface area contributed by atoms with Crippen molar-refractivity contribution >= 4 is 35.4 Å². The van der Waals surface area contributed by atoms with Crippen LogP contribution in [0.4, 0.5) is 0 Å². The molecule has 0 saturated carbocycles. The zero-order valence-electron chi connectivity index (χ0n) is 47.3. The lowest BCUT2D eigenvalue weighted by atomic mass is 9.97. The monoisotopic (exact) mass is 1180 g/mol. The summed E-state index contributed by atoms with van der Waals surface area (Å²) in [5.74, 6) is -2.08. The molecule has 81 heavy (non-hydrogen) atoms. The highest BCUT2D eigenvalue weighted by molar-refractivity contribution is 5.77. The molecule has 3 saturated heterocycles. The number of ether oxygens (including phenoxy) is 8. The quantitative estimate of drug-likeness (QED) is 0.0259. The molecule has 0 bridgehead atoms. The second-order valence-electron chi connectivity index (χ2n) is 20.2. The standard InChI is InChI=1S/C42H78N6O18.C8H15NO6/c1-6-13-43-31(53)10-18-60-23-42(48-26(2)3,25-62-20-12-33(55)45-15-9-17-64-41-35(47-28(5)52)39(59)37(57)30(22-50)66-41)24-61-19-11-32(54)44-14-7-8-16-63-40-34(46-27(4)51)38(58)36(56)29(21-49)65-40;1-3(11)9-5-7(13)6(12)4(2-10)15-8(5)14/h26,29-30,34-41,48-50,56-59H,6-25H2,1-5H3,(H,43,53)(H,44,54)(H,45,55)(H,46,51)(H,47,52);4-8,10,12-14H,2H2,1H3,(H,9,11)/t29?,30?,34?,35?,36-,37-,38+,39+,40+,41+,42?;4?,5?,6-,7+,8+/m00/s1. The summed E-state index contributed by atoms with van der Waals surface area (Å²) in [4.78, 5) is 71.5. The number of carbonyl (C=O) groups excluding carboxylic acids is 6. The third-order valence-corrected chi connectivity index (χ3v) is 12.6. The predicted molar refractivity (Wildman–Crippen MR) is 281 cm³/mol. The Bertz CT molecular complexity index is 1830. The highest BCUT2D eigenvalue weighted by atomic mass is 16.7. The second kappa shape index (κ2) is 39.6. The normalized spacial score (nSPS) is 29.1. The molecule has 472 valence electrons. The van der Waals surface area contributed by atoms with E-state index < -0.39 is 135 Å². The molecule has 3 aliphatic heterocycles. The first kappa shape index (κ1) is 73.2. The van der Waals surface area contributed by atoms with Crippen molar-refractivity contribution in [1.82, 2.24) is 37.2 Å². The van der Waals surface area contributed by atoms with Crippen LogP contribution in [0, 0.1) is 0 Å². The first-order valence-electron chi connectivity index (χ1n) is 27.3. The van der Waals surface area contributed by atoms with Crippen LogP contribution in [0.2, 0.25) is 0 Å². The van der Waals surface area contributed by atoms with Gasteiger partial charge in [0.05, 0.1) is 71.6 Å². The van der Waals surface area contributed by atoms with Gasteiger partial charge in [-0.15, -0.1) is 0 Å². The fraction of sp³-hybridized carbons (Fsp3) is 0.880. The molecule has 0 aromatic rings. The molecule has 17 N–H and O–H groups in total. The molecule has 0 spiro atoms. The Kier molecular flexibility index (Phi) is 35.7. The van der Waals surface area contributed by atoms with E-state index in [1.54, 1.807) is 0 Å². The van der Waals surface area contributed by atoms with Crippen LogP contribution in [0.25, 0.3) is 0 Å². The average molecular weight is 1180 g/mol. The Labute approximate surface area is 471 Å². The molecule has 0 aromatic heterocycles. The molecule has 6 amide bonds. The van der Waals surface area contributed by atoms with Crippen molar-refractivity contribution < 1.29 is 118 Å². The van der Waals surface area contributed by atoms with Gasteiger partial charge in [0.2, 0.25) is 35.4 Å². The van der Waals surface area contributed by atoms with Crippen molar-refractivity contribution in [3.8, 4) is 0 Å². The van der Waals surface area contributed by atoms with Gasteiger partial charge >= 0.3 is 0 Å². The average Bonchev–Trinajstić information content (AvgIpc) is 3.50. The first-order valence-corrected chi connectivity index (χ1v) is 27.3. The van der Waals surface area contributed by atoms with Gasteiger partial charge < -0.3 is 126 Å². The maximum atomic E-state index is 12.7. The molecule has 16 atom stereocenters. The SMILES string of the molecule is CC(=O)NC1[C@H](O)OC(CO)[C@H](O)[C@@H]1O.CCCNC(=O)CCOCC(COCCC(=O)NCCCCO[C@@H]1OC(CO)[C@H](O)[C@H](O)C1NC(C)=O)(COCCC(=O)NCCCO[C@@H]1OC(CO)[C@H](O)[C@H](O)C1NC(C)=O)NC(C)C. The summed E-state index contributed by atoms with van der Waals surface area (Å²) in [5, 5.41) is 116. The Morgan fingerprint density at radius 2 is 0.840 bits per heavy atom. The number of amides is 6. The smallest absolute Gasteiger partial charge is 0.222 e. The van der Waals surface area contributed by atoms with Crippen LogP contribution in [0.1, 0.15) is 86.5 Å². The van der Waals surface area contributed by atoms with Gasteiger partial charge in [-0.25, -0.2) is 0 Å². The minimum atomic E-state index is -1.45. The molecular formula is C50H93N7O24. The van der Waals surface area contributed by atoms with E-state index in [2.05, 4.69) is 37.2 Å². The molecule has 0 aliphatic carbocycles. The van der Waals surface area contributed by atoms with E-state index in [0.717, 1.165) is 6.42 Å². The molecule has 0 aromatic carbocycles. The third kappa shape index (κ3) is 27.1. The van der Waals surface area contributed by atoms with E-state index in [-0.39, 0.29) is 102 Å². The third-order valence-electron chi connectivity index (χ3n) is 12.6. The summed E-state index contributed by atoms with van der Waals surface area (Å²) >= 11 is 0. The summed E-state index contributed by atoms with van der Waals surface area (Å²) in [6.07, 6.45) is -13.0. The Hall–Kier alpha value is -3.94. The van der Waals surface area contributed by atoms with E-state index in [1.807, 2.05) is 20.8 Å². The number of unbranched alkanes of at least 4 members (excludes halogenated alkanes) is 1. The number of aliphatic hydroxyl groups is 10. The Morgan fingerprint density at radius 3 is 1.22 bits per heavy atom. The van der Waals surface area contributed by atoms with Gasteiger partial charge in [0.15, 0.2) is 18.9 Å². The zero-order valence-corrected chi connectivity index (χ0v) is 47.3. The topological polar surface area (TPSA) is 463 Å².